The normalized spacial score (nSPS) is 11.8. The zero-order valence-corrected chi connectivity index (χ0v) is 10.6. The van der Waals surface area contributed by atoms with E-state index < -0.39 is 31.3 Å². The van der Waals surface area contributed by atoms with Gasteiger partial charge in [-0.1, -0.05) is 0 Å². The van der Waals surface area contributed by atoms with Crippen LogP contribution in [0.4, 0.5) is 33.6 Å². The summed E-state index contributed by atoms with van der Waals surface area (Å²) in [6.45, 7) is -1.51. The summed E-state index contributed by atoms with van der Waals surface area (Å²) in [5.41, 5.74) is -0.996. The predicted molar refractivity (Wildman–Crippen MR) is 64.1 cm³/mol. The lowest BCUT2D eigenvalue weighted by molar-refractivity contribution is -0.137. The van der Waals surface area contributed by atoms with E-state index in [9.17, 15) is 22.0 Å². The third-order valence-corrected chi connectivity index (χ3v) is 2.45. The van der Waals surface area contributed by atoms with Gasteiger partial charge in [0, 0.05) is 13.6 Å². The second-order valence-corrected chi connectivity index (χ2v) is 3.91. The Labute approximate surface area is 112 Å². The first kappa shape index (κ1) is 16.4. The molecule has 0 bridgehead atoms. The van der Waals surface area contributed by atoms with E-state index in [1.807, 2.05) is 0 Å². The molecule has 114 valence electrons. The molecule has 0 fully saturated rings. The average molecular weight is 299 g/mol. The van der Waals surface area contributed by atoms with Crippen molar-refractivity contribution in [2.45, 2.75) is 12.6 Å². The molecule has 9 heteroatoms. The predicted octanol–water partition coefficient (Wildman–Crippen LogP) is 2.21. The first-order valence-electron chi connectivity index (χ1n) is 5.69. The fraction of sp³-hybridized carbons (Fsp3) is 0.545. The van der Waals surface area contributed by atoms with Crippen LogP contribution >= 0.6 is 0 Å². The topological polar surface area (TPSA) is 48.4 Å². The molecule has 4 nitrogen and oxygen atoms in total. The van der Waals surface area contributed by atoms with Gasteiger partial charge in [-0.15, -0.1) is 0 Å². The maximum atomic E-state index is 12.7. The van der Waals surface area contributed by atoms with E-state index in [2.05, 4.69) is 10.3 Å². The number of anilines is 2. The number of pyridine rings is 1. The van der Waals surface area contributed by atoms with Crippen LogP contribution in [0, 0.1) is 0 Å². The molecule has 0 aliphatic carbocycles. The van der Waals surface area contributed by atoms with Crippen LogP contribution in [0.2, 0.25) is 0 Å². The second-order valence-electron chi connectivity index (χ2n) is 3.91. The van der Waals surface area contributed by atoms with Gasteiger partial charge in [-0.2, -0.15) is 13.2 Å². The summed E-state index contributed by atoms with van der Waals surface area (Å²) >= 11 is 0. The summed E-state index contributed by atoms with van der Waals surface area (Å²) in [7, 11) is 1.37. The monoisotopic (exact) mass is 299 g/mol. The number of aliphatic hydroxyl groups is 1. The zero-order chi connectivity index (χ0) is 15.3. The van der Waals surface area contributed by atoms with Crippen LogP contribution in [-0.2, 0) is 6.18 Å². The fourth-order valence-corrected chi connectivity index (χ4v) is 1.56. The number of halogens is 5. The molecule has 1 heterocycles. The van der Waals surface area contributed by atoms with Gasteiger partial charge in [0.05, 0.1) is 18.7 Å². The number of aliphatic hydroxyl groups excluding tert-OH is 1. The van der Waals surface area contributed by atoms with Gasteiger partial charge >= 0.3 is 6.18 Å². The molecule has 0 radical (unpaired) electrons. The Hall–Kier alpha value is -1.64. The average Bonchev–Trinajstić information content (AvgIpc) is 2.36. The highest BCUT2D eigenvalue weighted by Gasteiger charge is 2.32. The Morgan fingerprint density at radius 2 is 2.00 bits per heavy atom. The molecule has 0 amide bonds. The number of nitrogens with one attached hydrogen (secondary N) is 1. The number of nitrogens with zero attached hydrogens (tertiary/aromatic N) is 2. The van der Waals surface area contributed by atoms with E-state index in [1.54, 1.807) is 0 Å². The van der Waals surface area contributed by atoms with Gasteiger partial charge in [-0.3, -0.25) is 0 Å². The number of rotatable bonds is 6. The molecule has 1 aromatic heterocycles. The van der Waals surface area contributed by atoms with Crippen molar-refractivity contribution in [3.05, 3.63) is 17.7 Å². The summed E-state index contributed by atoms with van der Waals surface area (Å²) in [6, 6.07) is 1.46. The summed E-state index contributed by atoms with van der Waals surface area (Å²) < 4.78 is 63.0. The van der Waals surface area contributed by atoms with E-state index in [0.29, 0.717) is 6.07 Å². The maximum absolute atomic E-state index is 12.7. The lowest BCUT2D eigenvalue weighted by atomic mass is 10.2. The third-order valence-electron chi connectivity index (χ3n) is 2.45. The minimum Gasteiger partial charge on any atom is -0.395 e. The quantitative estimate of drug-likeness (QED) is 0.791. The Kier molecular flexibility index (Phi) is 5.49. The number of aromatic nitrogens is 1. The number of alkyl halides is 5. The van der Waals surface area contributed by atoms with Crippen LogP contribution in [-0.4, -0.2) is 43.3 Å². The van der Waals surface area contributed by atoms with Gasteiger partial charge in [-0.25, -0.2) is 13.8 Å². The van der Waals surface area contributed by atoms with Gasteiger partial charge in [-0.05, 0) is 12.1 Å². The lowest BCUT2D eigenvalue weighted by Crippen LogP contribution is -2.32. The Balaban J connectivity index is 3.19. The Morgan fingerprint density at radius 3 is 2.45 bits per heavy atom. The van der Waals surface area contributed by atoms with E-state index in [4.69, 9.17) is 5.11 Å². The molecule has 2 N–H and O–H groups in total. The molecule has 0 aliphatic heterocycles. The highest BCUT2D eigenvalue weighted by Crippen LogP contribution is 2.32. The van der Waals surface area contributed by atoms with Crippen LogP contribution in [0.25, 0.3) is 0 Å². The fourth-order valence-electron chi connectivity index (χ4n) is 1.56. The highest BCUT2D eigenvalue weighted by molar-refractivity contribution is 5.51. The molecular formula is C11H14F5N3O. The van der Waals surface area contributed by atoms with Gasteiger partial charge in [0.15, 0.2) is 0 Å². The van der Waals surface area contributed by atoms with Crippen LogP contribution < -0.4 is 10.2 Å². The summed E-state index contributed by atoms with van der Waals surface area (Å²) in [5.74, 6) is -0.356. The van der Waals surface area contributed by atoms with Crippen molar-refractivity contribution in [1.82, 2.24) is 4.98 Å². The smallest absolute Gasteiger partial charge is 0.395 e. The molecular weight excluding hydrogens is 285 g/mol. The molecule has 0 spiro atoms. The van der Waals surface area contributed by atoms with E-state index >= 15 is 0 Å². The molecule has 20 heavy (non-hydrogen) atoms. The van der Waals surface area contributed by atoms with Crippen molar-refractivity contribution >= 4 is 11.6 Å². The van der Waals surface area contributed by atoms with Crippen LogP contribution in [0.3, 0.4) is 0 Å². The van der Waals surface area contributed by atoms with Crippen molar-refractivity contribution in [3.63, 3.8) is 0 Å². The summed E-state index contributed by atoms with van der Waals surface area (Å²) in [4.78, 5) is 4.71. The molecule has 1 rings (SSSR count). The van der Waals surface area contributed by atoms with Crippen molar-refractivity contribution < 1.29 is 27.1 Å². The van der Waals surface area contributed by atoms with Gasteiger partial charge in [0.25, 0.3) is 6.43 Å². The Bertz CT molecular complexity index is 439. The molecule has 0 aromatic carbocycles. The molecule has 0 atom stereocenters. The first-order valence-corrected chi connectivity index (χ1v) is 5.69. The van der Waals surface area contributed by atoms with E-state index in [1.165, 1.54) is 7.05 Å². The minimum atomic E-state index is -4.61. The minimum absolute atomic E-state index is 0.0907. The van der Waals surface area contributed by atoms with Crippen molar-refractivity contribution in [2.24, 2.45) is 0 Å². The zero-order valence-electron chi connectivity index (χ0n) is 10.6. The number of hydrogen-bond acceptors (Lipinski definition) is 4. The standard InChI is InChI=1S/C11H14F5N3O/c1-17-9-4-7(11(14,15)16)5-10(18-9)19(2-3-20)6-8(12)13/h4-5,8,20H,2-3,6H2,1H3,(H,17,18). The molecule has 0 aliphatic rings. The Morgan fingerprint density at radius 1 is 1.35 bits per heavy atom. The van der Waals surface area contributed by atoms with Crippen LogP contribution in [0.15, 0.2) is 12.1 Å². The molecule has 0 saturated carbocycles. The maximum Gasteiger partial charge on any atom is 0.416 e. The van der Waals surface area contributed by atoms with Crippen molar-refractivity contribution in [1.29, 1.82) is 0 Å². The lowest BCUT2D eigenvalue weighted by Gasteiger charge is -2.23. The van der Waals surface area contributed by atoms with Gasteiger partial charge in [0.2, 0.25) is 0 Å². The summed E-state index contributed by atoms with van der Waals surface area (Å²) in [6.07, 6.45) is -7.37. The highest BCUT2D eigenvalue weighted by atomic mass is 19.4. The summed E-state index contributed by atoms with van der Waals surface area (Å²) in [5, 5.41) is 11.3. The SMILES string of the molecule is CNc1cc(C(F)(F)F)cc(N(CCO)CC(F)F)n1. The van der Waals surface area contributed by atoms with E-state index in [-0.39, 0.29) is 18.2 Å². The van der Waals surface area contributed by atoms with Gasteiger partial charge in [0.1, 0.15) is 11.6 Å². The van der Waals surface area contributed by atoms with Crippen molar-refractivity contribution in [2.75, 3.05) is 37.0 Å². The largest absolute Gasteiger partial charge is 0.416 e. The third kappa shape index (κ3) is 4.48. The van der Waals surface area contributed by atoms with Crippen LogP contribution in [0.5, 0.6) is 0 Å². The van der Waals surface area contributed by atoms with Gasteiger partial charge < -0.3 is 15.3 Å². The molecule has 0 saturated heterocycles. The first-order chi connectivity index (χ1) is 9.27. The van der Waals surface area contributed by atoms with E-state index in [0.717, 1.165) is 11.0 Å². The molecule has 0 unspecified atom stereocenters. The van der Waals surface area contributed by atoms with Crippen LogP contribution in [0.1, 0.15) is 5.56 Å². The number of hydrogen-bond donors (Lipinski definition) is 2. The second kappa shape index (κ2) is 6.69. The molecule has 1 aromatic rings. The van der Waals surface area contributed by atoms with Crippen molar-refractivity contribution in [3.8, 4) is 0 Å².